The second-order valence-corrected chi connectivity index (χ2v) is 6.78. The first-order valence-electron chi connectivity index (χ1n) is 7.64. The number of rotatable bonds is 5. The molecule has 1 aliphatic heterocycles. The summed E-state index contributed by atoms with van der Waals surface area (Å²) in [7, 11) is 6.38. The maximum Gasteiger partial charge on any atom is 0.0361 e. The van der Waals surface area contributed by atoms with Crippen molar-refractivity contribution >= 4 is 5.69 Å². The summed E-state index contributed by atoms with van der Waals surface area (Å²) in [4.78, 5) is 4.57. The SMILES string of the molecule is CN1CCC(C)(CNCc2ccc(N(C)C)cc2)CC1. The predicted molar refractivity (Wildman–Crippen MR) is 87.3 cm³/mol. The monoisotopic (exact) mass is 275 g/mol. The Morgan fingerprint density at radius 1 is 1.15 bits per heavy atom. The number of piperidine rings is 1. The minimum absolute atomic E-state index is 0.468. The molecule has 0 unspecified atom stereocenters. The highest BCUT2D eigenvalue weighted by atomic mass is 15.1. The highest BCUT2D eigenvalue weighted by Gasteiger charge is 2.28. The number of benzene rings is 1. The van der Waals surface area contributed by atoms with Gasteiger partial charge in [0.2, 0.25) is 0 Å². The number of likely N-dealkylation sites (tertiary alicyclic amines) is 1. The molecule has 1 aromatic carbocycles. The molecule has 0 radical (unpaired) electrons. The summed E-state index contributed by atoms with van der Waals surface area (Å²) in [5.41, 5.74) is 3.10. The summed E-state index contributed by atoms with van der Waals surface area (Å²) in [6.07, 6.45) is 2.60. The number of nitrogens with zero attached hydrogens (tertiary/aromatic N) is 2. The van der Waals surface area contributed by atoms with Crippen molar-refractivity contribution < 1.29 is 0 Å². The second-order valence-electron chi connectivity index (χ2n) is 6.78. The molecule has 1 aliphatic rings. The Labute approximate surface area is 124 Å². The molecule has 1 fully saturated rings. The average Bonchev–Trinajstić information content (AvgIpc) is 2.43. The molecule has 1 heterocycles. The van der Waals surface area contributed by atoms with Gasteiger partial charge in [0.1, 0.15) is 0 Å². The molecular weight excluding hydrogens is 246 g/mol. The van der Waals surface area contributed by atoms with Crippen LogP contribution in [-0.2, 0) is 6.54 Å². The molecule has 0 saturated carbocycles. The van der Waals surface area contributed by atoms with Crippen molar-refractivity contribution in [2.45, 2.75) is 26.3 Å². The highest BCUT2D eigenvalue weighted by Crippen LogP contribution is 2.29. The lowest BCUT2D eigenvalue weighted by Crippen LogP contribution is -2.41. The third-order valence-electron chi connectivity index (χ3n) is 4.53. The van der Waals surface area contributed by atoms with Gasteiger partial charge >= 0.3 is 0 Å². The largest absolute Gasteiger partial charge is 0.378 e. The van der Waals surface area contributed by atoms with E-state index < -0.39 is 0 Å². The Bertz CT molecular complexity index is 403. The number of hydrogen-bond donors (Lipinski definition) is 1. The molecule has 20 heavy (non-hydrogen) atoms. The van der Waals surface area contributed by atoms with Crippen molar-refractivity contribution in [1.82, 2.24) is 10.2 Å². The van der Waals surface area contributed by atoms with Crippen LogP contribution in [0.25, 0.3) is 0 Å². The van der Waals surface area contributed by atoms with Crippen LogP contribution in [0.15, 0.2) is 24.3 Å². The summed E-state index contributed by atoms with van der Waals surface area (Å²) < 4.78 is 0. The fraction of sp³-hybridized carbons (Fsp3) is 0.647. The predicted octanol–water partition coefficient (Wildman–Crippen LogP) is 2.57. The quantitative estimate of drug-likeness (QED) is 0.891. The summed E-state index contributed by atoms with van der Waals surface area (Å²) in [5.74, 6) is 0. The van der Waals surface area contributed by atoms with E-state index in [0.29, 0.717) is 5.41 Å². The van der Waals surface area contributed by atoms with E-state index in [0.717, 1.165) is 13.1 Å². The summed E-state index contributed by atoms with van der Waals surface area (Å²) in [5, 5.41) is 3.64. The lowest BCUT2D eigenvalue weighted by Gasteiger charge is -2.38. The maximum atomic E-state index is 3.64. The van der Waals surface area contributed by atoms with Crippen LogP contribution in [-0.4, -0.2) is 45.7 Å². The van der Waals surface area contributed by atoms with E-state index in [4.69, 9.17) is 0 Å². The topological polar surface area (TPSA) is 18.5 Å². The van der Waals surface area contributed by atoms with E-state index in [1.54, 1.807) is 0 Å². The van der Waals surface area contributed by atoms with Crippen molar-refractivity contribution in [1.29, 1.82) is 0 Å². The molecule has 112 valence electrons. The zero-order valence-electron chi connectivity index (χ0n) is 13.4. The molecule has 0 atom stereocenters. The summed E-state index contributed by atoms with van der Waals surface area (Å²) >= 11 is 0. The molecule has 0 aromatic heterocycles. The Balaban J connectivity index is 1.78. The van der Waals surface area contributed by atoms with Crippen LogP contribution in [0.1, 0.15) is 25.3 Å². The Kier molecular flexibility index (Phi) is 5.06. The molecular formula is C17H29N3. The van der Waals surface area contributed by atoms with Crippen LogP contribution in [0.3, 0.4) is 0 Å². The van der Waals surface area contributed by atoms with Crippen LogP contribution in [0.5, 0.6) is 0 Å². The van der Waals surface area contributed by atoms with Gasteiger partial charge in [-0.25, -0.2) is 0 Å². The normalized spacial score (nSPS) is 19.0. The van der Waals surface area contributed by atoms with E-state index in [1.807, 2.05) is 0 Å². The lowest BCUT2D eigenvalue weighted by atomic mass is 9.80. The molecule has 0 amide bonds. The number of anilines is 1. The molecule has 3 heteroatoms. The average molecular weight is 275 g/mol. The zero-order chi connectivity index (χ0) is 14.6. The first-order chi connectivity index (χ1) is 9.48. The Morgan fingerprint density at radius 2 is 1.75 bits per heavy atom. The van der Waals surface area contributed by atoms with Gasteiger partial charge in [-0.1, -0.05) is 19.1 Å². The Morgan fingerprint density at radius 3 is 2.30 bits per heavy atom. The zero-order valence-corrected chi connectivity index (χ0v) is 13.4. The van der Waals surface area contributed by atoms with Crippen LogP contribution in [0.4, 0.5) is 5.69 Å². The lowest BCUT2D eigenvalue weighted by molar-refractivity contribution is 0.137. The van der Waals surface area contributed by atoms with E-state index in [2.05, 4.69) is 67.4 Å². The first kappa shape index (κ1) is 15.3. The van der Waals surface area contributed by atoms with Crippen molar-refractivity contribution in [3.05, 3.63) is 29.8 Å². The minimum Gasteiger partial charge on any atom is -0.378 e. The van der Waals surface area contributed by atoms with Gasteiger partial charge in [0, 0.05) is 32.9 Å². The Hall–Kier alpha value is -1.06. The highest BCUT2D eigenvalue weighted by molar-refractivity contribution is 5.45. The fourth-order valence-corrected chi connectivity index (χ4v) is 2.76. The van der Waals surface area contributed by atoms with Crippen LogP contribution < -0.4 is 10.2 Å². The van der Waals surface area contributed by atoms with Gasteiger partial charge in [0.25, 0.3) is 0 Å². The standard InChI is InChI=1S/C17H29N3/c1-17(9-11-20(4)12-10-17)14-18-13-15-5-7-16(8-6-15)19(2)3/h5-8,18H,9-14H2,1-4H3. The van der Waals surface area contributed by atoms with Crippen molar-refractivity contribution in [2.24, 2.45) is 5.41 Å². The molecule has 0 aliphatic carbocycles. The fourth-order valence-electron chi connectivity index (χ4n) is 2.76. The van der Waals surface area contributed by atoms with Crippen LogP contribution >= 0.6 is 0 Å². The van der Waals surface area contributed by atoms with Crippen LogP contribution in [0, 0.1) is 5.41 Å². The summed E-state index contributed by atoms with van der Waals surface area (Å²) in [6, 6.07) is 8.82. The number of hydrogen-bond acceptors (Lipinski definition) is 3. The van der Waals surface area contributed by atoms with E-state index in [1.165, 1.54) is 37.2 Å². The van der Waals surface area contributed by atoms with Gasteiger partial charge in [-0.2, -0.15) is 0 Å². The minimum atomic E-state index is 0.468. The smallest absolute Gasteiger partial charge is 0.0361 e. The molecule has 1 aromatic rings. The van der Waals surface area contributed by atoms with Crippen molar-refractivity contribution in [3.8, 4) is 0 Å². The molecule has 1 N–H and O–H groups in total. The van der Waals surface area contributed by atoms with Crippen molar-refractivity contribution in [3.63, 3.8) is 0 Å². The van der Waals surface area contributed by atoms with Gasteiger partial charge in [-0.3, -0.25) is 0 Å². The maximum absolute atomic E-state index is 3.64. The molecule has 0 spiro atoms. The first-order valence-corrected chi connectivity index (χ1v) is 7.64. The molecule has 3 nitrogen and oxygen atoms in total. The summed E-state index contributed by atoms with van der Waals surface area (Å²) in [6.45, 7) is 6.98. The third kappa shape index (κ3) is 4.22. The molecule has 0 bridgehead atoms. The van der Waals surface area contributed by atoms with Crippen molar-refractivity contribution in [2.75, 3.05) is 45.7 Å². The van der Waals surface area contributed by atoms with E-state index in [-0.39, 0.29) is 0 Å². The van der Waals surface area contributed by atoms with E-state index in [9.17, 15) is 0 Å². The third-order valence-corrected chi connectivity index (χ3v) is 4.53. The van der Waals surface area contributed by atoms with Gasteiger partial charge in [0.15, 0.2) is 0 Å². The number of nitrogens with one attached hydrogen (secondary N) is 1. The van der Waals surface area contributed by atoms with Crippen LogP contribution in [0.2, 0.25) is 0 Å². The molecule has 2 rings (SSSR count). The van der Waals surface area contributed by atoms with E-state index >= 15 is 0 Å². The molecule has 1 saturated heterocycles. The van der Waals surface area contributed by atoms with Gasteiger partial charge in [0.05, 0.1) is 0 Å². The second kappa shape index (κ2) is 6.59. The van der Waals surface area contributed by atoms with Gasteiger partial charge < -0.3 is 15.1 Å². The van der Waals surface area contributed by atoms with Gasteiger partial charge in [-0.15, -0.1) is 0 Å². The van der Waals surface area contributed by atoms with Gasteiger partial charge in [-0.05, 0) is 56.1 Å².